The average molecular weight is 356 g/mol. The third-order valence-corrected chi connectivity index (χ3v) is 4.45. The van der Waals surface area contributed by atoms with Crippen LogP contribution in [-0.4, -0.2) is 37.5 Å². The van der Waals surface area contributed by atoms with Crippen LogP contribution in [0.4, 0.5) is 0 Å². The third kappa shape index (κ3) is 4.49. The molecule has 1 aliphatic rings. The topological polar surface area (TPSA) is 65.0 Å². The van der Waals surface area contributed by atoms with Gasteiger partial charge in [-0.3, -0.25) is 4.79 Å². The Balaban J connectivity index is 1.57. The van der Waals surface area contributed by atoms with E-state index in [0.717, 1.165) is 19.3 Å². The van der Waals surface area contributed by atoms with Crippen molar-refractivity contribution in [2.75, 3.05) is 19.8 Å². The van der Waals surface area contributed by atoms with E-state index in [-0.39, 0.29) is 6.29 Å². The van der Waals surface area contributed by atoms with Crippen molar-refractivity contribution in [2.45, 2.75) is 31.2 Å². The number of aldehydes is 1. The number of carbonyl (C=O) groups excluding carboxylic acids is 1. The molecule has 1 saturated heterocycles. The maximum atomic E-state index is 11.6. The zero-order valence-electron chi connectivity index (χ0n) is 14.7. The number of aliphatic hydroxyl groups is 1. The predicted molar refractivity (Wildman–Crippen MR) is 97.0 cm³/mol. The lowest BCUT2D eigenvalue weighted by molar-refractivity contribution is -0.121. The molecule has 1 heterocycles. The zero-order chi connectivity index (χ0) is 18.2. The molecule has 138 valence electrons. The van der Waals surface area contributed by atoms with E-state index in [1.165, 1.54) is 0 Å². The third-order valence-electron chi connectivity index (χ3n) is 4.45. The average Bonchev–Trinajstić information content (AvgIpc) is 3.21. The Morgan fingerprint density at radius 3 is 2.50 bits per heavy atom. The molecule has 3 rings (SSSR count). The van der Waals surface area contributed by atoms with Crippen molar-refractivity contribution in [3.05, 3.63) is 65.7 Å². The second kappa shape index (κ2) is 8.94. The van der Waals surface area contributed by atoms with Gasteiger partial charge >= 0.3 is 0 Å². The van der Waals surface area contributed by atoms with Crippen LogP contribution in [0.15, 0.2) is 54.6 Å². The summed E-state index contributed by atoms with van der Waals surface area (Å²) in [4.78, 5) is 11.6. The van der Waals surface area contributed by atoms with Gasteiger partial charge in [0.2, 0.25) is 0 Å². The molecule has 0 bridgehead atoms. The minimum Gasteiger partial charge on any atom is -0.494 e. The van der Waals surface area contributed by atoms with E-state index in [4.69, 9.17) is 14.2 Å². The Hall–Kier alpha value is -2.21. The molecule has 1 N–H and O–H groups in total. The first kappa shape index (κ1) is 18.6. The number of hydrogen-bond donors (Lipinski definition) is 1. The summed E-state index contributed by atoms with van der Waals surface area (Å²) < 4.78 is 16.6. The molecule has 0 radical (unpaired) electrons. The lowest BCUT2D eigenvalue weighted by atomic mass is 9.88. The first-order valence-corrected chi connectivity index (χ1v) is 8.93. The fraction of sp³-hybridized carbons (Fsp3) is 0.381. The van der Waals surface area contributed by atoms with Gasteiger partial charge in [-0.2, -0.15) is 0 Å². The van der Waals surface area contributed by atoms with E-state index in [1.54, 1.807) is 42.5 Å². The van der Waals surface area contributed by atoms with Crippen LogP contribution in [0.25, 0.3) is 0 Å². The Bertz CT molecular complexity index is 697. The lowest BCUT2D eigenvalue weighted by Gasteiger charge is -2.23. The number of unbranched alkanes of at least 4 members (excludes halogenated alkanes) is 1. The molecule has 0 aromatic heterocycles. The van der Waals surface area contributed by atoms with Crippen LogP contribution in [0.1, 0.15) is 30.4 Å². The van der Waals surface area contributed by atoms with E-state index >= 15 is 0 Å². The fourth-order valence-corrected chi connectivity index (χ4v) is 2.99. The number of carbonyl (C=O) groups is 1. The SMILES string of the molecule is O=CC(O)(c1ccccc1)c1cccc(OCCCCC2OCCO2)c1. The maximum Gasteiger partial charge on any atom is 0.170 e. The standard InChI is InChI=1S/C21H24O5/c22-16-21(23,17-7-2-1-3-8-17)18-9-6-10-19(15-18)24-12-5-4-11-20-25-13-14-26-20/h1-3,6-10,15-16,20,23H,4-5,11-14H2. The first-order chi connectivity index (χ1) is 12.7. The van der Waals surface area contributed by atoms with Crippen molar-refractivity contribution in [3.63, 3.8) is 0 Å². The molecule has 0 aliphatic carbocycles. The van der Waals surface area contributed by atoms with Gasteiger partial charge in [0.1, 0.15) is 5.75 Å². The summed E-state index contributed by atoms with van der Waals surface area (Å²) in [5.74, 6) is 0.632. The van der Waals surface area contributed by atoms with Crippen molar-refractivity contribution in [3.8, 4) is 5.75 Å². The highest BCUT2D eigenvalue weighted by atomic mass is 16.7. The highest BCUT2D eigenvalue weighted by Crippen LogP contribution is 2.30. The summed E-state index contributed by atoms with van der Waals surface area (Å²) >= 11 is 0. The molecule has 0 amide bonds. The Kier molecular flexibility index (Phi) is 6.39. The summed E-state index contributed by atoms with van der Waals surface area (Å²) in [7, 11) is 0. The molecule has 26 heavy (non-hydrogen) atoms. The van der Waals surface area contributed by atoms with Crippen LogP contribution in [0.3, 0.4) is 0 Å². The highest BCUT2D eigenvalue weighted by molar-refractivity contribution is 5.72. The van der Waals surface area contributed by atoms with Gasteiger partial charge in [0.05, 0.1) is 19.8 Å². The molecule has 5 heteroatoms. The Morgan fingerprint density at radius 2 is 1.77 bits per heavy atom. The van der Waals surface area contributed by atoms with Crippen LogP contribution < -0.4 is 4.74 Å². The summed E-state index contributed by atoms with van der Waals surface area (Å²) in [6.45, 7) is 1.91. The summed E-state index contributed by atoms with van der Waals surface area (Å²) in [6, 6.07) is 15.9. The Morgan fingerprint density at radius 1 is 1.04 bits per heavy atom. The summed E-state index contributed by atoms with van der Waals surface area (Å²) in [5.41, 5.74) is -0.662. The van der Waals surface area contributed by atoms with Gasteiger partial charge in [-0.05, 0) is 42.5 Å². The number of ether oxygens (including phenoxy) is 3. The molecule has 2 aromatic carbocycles. The van der Waals surface area contributed by atoms with Crippen LogP contribution in [0.2, 0.25) is 0 Å². The van der Waals surface area contributed by atoms with Crippen molar-refractivity contribution in [1.82, 2.24) is 0 Å². The van der Waals surface area contributed by atoms with E-state index in [1.807, 2.05) is 12.1 Å². The van der Waals surface area contributed by atoms with Gasteiger partial charge in [0, 0.05) is 0 Å². The van der Waals surface area contributed by atoms with Gasteiger partial charge in [0.25, 0.3) is 0 Å². The minimum absolute atomic E-state index is 0.0770. The number of hydrogen-bond acceptors (Lipinski definition) is 5. The zero-order valence-corrected chi connectivity index (χ0v) is 14.7. The van der Waals surface area contributed by atoms with Gasteiger partial charge in [0.15, 0.2) is 18.2 Å². The highest BCUT2D eigenvalue weighted by Gasteiger charge is 2.31. The summed E-state index contributed by atoms with van der Waals surface area (Å²) in [5, 5.41) is 10.9. The van der Waals surface area contributed by atoms with E-state index in [9.17, 15) is 9.90 Å². The van der Waals surface area contributed by atoms with Gasteiger partial charge in [-0.15, -0.1) is 0 Å². The molecular formula is C21H24O5. The molecule has 1 atom stereocenters. The molecular weight excluding hydrogens is 332 g/mol. The Labute approximate surface area is 153 Å². The van der Waals surface area contributed by atoms with Gasteiger partial charge in [-0.25, -0.2) is 0 Å². The van der Waals surface area contributed by atoms with Crippen LogP contribution in [0.5, 0.6) is 5.75 Å². The predicted octanol–water partition coefficient (Wildman–Crippen LogP) is 3.04. The van der Waals surface area contributed by atoms with E-state index in [0.29, 0.717) is 43.0 Å². The quantitative estimate of drug-likeness (QED) is 0.553. The van der Waals surface area contributed by atoms with Gasteiger partial charge < -0.3 is 19.3 Å². The van der Waals surface area contributed by atoms with Crippen molar-refractivity contribution in [1.29, 1.82) is 0 Å². The minimum atomic E-state index is -1.68. The van der Waals surface area contributed by atoms with Gasteiger partial charge in [-0.1, -0.05) is 42.5 Å². The van der Waals surface area contributed by atoms with Crippen LogP contribution in [-0.2, 0) is 19.9 Å². The van der Waals surface area contributed by atoms with Crippen molar-refractivity contribution in [2.24, 2.45) is 0 Å². The largest absolute Gasteiger partial charge is 0.494 e. The molecule has 1 aliphatic heterocycles. The molecule has 1 unspecified atom stereocenters. The van der Waals surface area contributed by atoms with Crippen LogP contribution >= 0.6 is 0 Å². The van der Waals surface area contributed by atoms with Crippen molar-refractivity contribution < 1.29 is 24.1 Å². The monoisotopic (exact) mass is 356 g/mol. The maximum absolute atomic E-state index is 11.6. The van der Waals surface area contributed by atoms with Crippen LogP contribution in [0, 0.1) is 0 Å². The second-order valence-corrected chi connectivity index (χ2v) is 6.29. The molecule has 1 fully saturated rings. The van der Waals surface area contributed by atoms with Crippen molar-refractivity contribution >= 4 is 6.29 Å². The smallest absolute Gasteiger partial charge is 0.170 e. The molecule has 5 nitrogen and oxygen atoms in total. The molecule has 0 saturated carbocycles. The molecule has 2 aromatic rings. The summed E-state index contributed by atoms with van der Waals surface area (Å²) in [6.07, 6.45) is 3.18. The molecule has 0 spiro atoms. The number of rotatable bonds is 9. The normalized spacial score (nSPS) is 17.0. The number of benzene rings is 2. The van der Waals surface area contributed by atoms with E-state index < -0.39 is 5.60 Å². The van der Waals surface area contributed by atoms with E-state index in [2.05, 4.69) is 0 Å². The second-order valence-electron chi connectivity index (χ2n) is 6.29. The lowest BCUT2D eigenvalue weighted by Crippen LogP contribution is -2.29. The first-order valence-electron chi connectivity index (χ1n) is 8.93. The fourth-order valence-electron chi connectivity index (χ4n) is 2.99.